The zero-order valence-corrected chi connectivity index (χ0v) is 16.7. The van der Waals surface area contributed by atoms with Crippen LogP contribution < -0.4 is 10.2 Å². The molecule has 2 N–H and O–H groups in total. The standard InChI is InChI=1S/C20H20F6N4O2/c21-15-16(27-6-18(8-31)9-32-10-18)28-11-29-17(15)30-7-19(22,23)5-14(30)12-1-3-13(4-2-12)20(24,25)26/h1-4,11,14,31H,5-10H2,(H,27,28,29). The number of aromatic nitrogens is 2. The van der Waals surface area contributed by atoms with E-state index in [0.717, 1.165) is 35.5 Å². The second-order valence-corrected chi connectivity index (χ2v) is 8.19. The molecule has 6 nitrogen and oxygen atoms in total. The number of halogens is 6. The van der Waals surface area contributed by atoms with Gasteiger partial charge in [0.15, 0.2) is 11.6 Å². The van der Waals surface area contributed by atoms with E-state index in [0.29, 0.717) is 0 Å². The number of anilines is 2. The van der Waals surface area contributed by atoms with Crippen molar-refractivity contribution in [3.63, 3.8) is 0 Å². The molecule has 1 unspecified atom stereocenters. The molecule has 2 aliphatic rings. The van der Waals surface area contributed by atoms with Crippen LogP contribution in [0.2, 0.25) is 0 Å². The third-order valence-electron chi connectivity index (χ3n) is 5.72. The molecule has 1 aromatic heterocycles. The highest BCUT2D eigenvalue weighted by Crippen LogP contribution is 2.44. The highest BCUT2D eigenvalue weighted by Gasteiger charge is 2.47. The smallest absolute Gasteiger partial charge is 0.396 e. The normalized spacial score (nSPS) is 22.0. The first kappa shape index (κ1) is 22.6. The number of nitrogens with zero attached hydrogens (tertiary/aromatic N) is 3. The number of aliphatic hydroxyl groups is 1. The monoisotopic (exact) mass is 462 g/mol. The summed E-state index contributed by atoms with van der Waals surface area (Å²) in [7, 11) is 0. The van der Waals surface area contributed by atoms with Crippen molar-refractivity contribution in [2.45, 2.75) is 24.6 Å². The largest absolute Gasteiger partial charge is 0.416 e. The molecule has 4 rings (SSSR count). The van der Waals surface area contributed by atoms with E-state index in [1.807, 2.05) is 0 Å². The van der Waals surface area contributed by atoms with Crippen molar-refractivity contribution in [2.75, 3.05) is 43.1 Å². The van der Waals surface area contributed by atoms with Gasteiger partial charge < -0.3 is 20.1 Å². The summed E-state index contributed by atoms with van der Waals surface area (Å²) in [6.07, 6.45) is -4.24. The van der Waals surface area contributed by atoms with Gasteiger partial charge in [0, 0.05) is 13.0 Å². The van der Waals surface area contributed by atoms with Crippen molar-refractivity contribution < 1.29 is 36.2 Å². The average molecular weight is 462 g/mol. The summed E-state index contributed by atoms with van der Waals surface area (Å²) in [5.74, 6) is -4.76. The Bertz CT molecular complexity index is 960. The molecular formula is C20H20F6N4O2. The molecule has 32 heavy (non-hydrogen) atoms. The van der Waals surface area contributed by atoms with Crippen molar-refractivity contribution >= 4 is 11.6 Å². The lowest BCUT2D eigenvalue weighted by molar-refractivity contribution is -0.137. The summed E-state index contributed by atoms with van der Waals surface area (Å²) in [6, 6.07) is 2.77. The Morgan fingerprint density at radius 1 is 1.16 bits per heavy atom. The molecule has 1 atom stereocenters. The fourth-order valence-corrected chi connectivity index (χ4v) is 3.83. The Balaban J connectivity index is 1.60. The SMILES string of the molecule is OCC1(CNc2ncnc(N3CC(F)(F)CC3c3ccc(C(F)(F)F)cc3)c2F)COC1. The van der Waals surface area contributed by atoms with Gasteiger partial charge in [0.25, 0.3) is 5.92 Å². The second-order valence-electron chi connectivity index (χ2n) is 8.19. The lowest BCUT2D eigenvalue weighted by Crippen LogP contribution is -2.50. The van der Waals surface area contributed by atoms with Gasteiger partial charge in [-0.3, -0.25) is 0 Å². The van der Waals surface area contributed by atoms with E-state index in [-0.39, 0.29) is 43.6 Å². The first-order valence-corrected chi connectivity index (χ1v) is 9.78. The molecule has 2 fully saturated rings. The van der Waals surface area contributed by atoms with E-state index < -0.39 is 47.9 Å². The summed E-state index contributed by atoms with van der Waals surface area (Å²) >= 11 is 0. The number of hydrogen-bond donors (Lipinski definition) is 2. The number of aliphatic hydroxyl groups excluding tert-OH is 1. The van der Waals surface area contributed by atoms with E-state index in [2.05, 4.69) is 15.3 Å². The second kappa shape index (κ2) is 8.07. The van der Waals surface area contributed by atoms with Crippen LogP contribution in [0.25, 0.3) is 0 Å². The van der Waals surface area contributed by atoms with Crippen LogP contribution in [0.3, 0.4) is 0 Å². The van der Waals surface area contributed by atoms with Crippen LogP contribution in [0.1, 0.15) is 23.6 Å². The van der Waals surface area contributed by atoms with Crippen molar-refractivity contribution in [2.24, 2.45) is 5.41 Å². The van der Waals surface area contributed by atoms with Gasteiger partial charge in [-0.05, 0) is 17.7 Å². The minimum absolute atomic E-state index is 0.148. The molecular weight excluding hydrogens is 442 g/mol. The number of benzene rings is 1. The van der Waals surface area contributed by atoms with Crippen LogP contribution >= 0.6 is 0 Å². The number of rotatable bonds is 6. The van der Waals surface area contributed by atoms with Gasteiger partial charge in [0.05, 0.1) is 43.4 Å². The zero-order chi connectivity index (χ0) is 23.1. The van der Waals surface area contributed by atoms with Crippen LogP contribution in [-0.2, 0) is 10.9 Å². The molecule has 2 aromatic rings. The Labute approximate surface area is 179 Å². The highest BCUT2D eigenvalue weighted by atomic mass is 19.4. The molecule has 1 aromatic carbocycles. The molecule has 0 amide bonds. The molecule has 0 spiro atoms. The quantitative estimate of drug-likeness (QED) is 0.639. The molecule has 2 saturated heterocycles. The van der Waals surface area contributed by atoms with E-state index in [1.54, 1.807) is 0 Å². The average Bonchev–Trinajstić information content (AvgIpc) is 3.03. The fraction of sp³-hybridized carbons (Fsp3) is 0.500. The fourth-order valence-electron chi connectivity index (χ4n) is 3.83. The summed E-state index contributed by atoms with van der Waals surface area (Å²) in [4.78, 5) is 8.69. The predicted molar refractivity (Wildman–Crippen MR) is 102 cm³/mol. The molecule has 0 aliphatic carbocycles. The van der Waals surface area contributed by atoms with Crippen molar-refractivity contribution in [1.29, 1.82) is 0 Å². The van der Waals surface area contributed by atoms with Gasteiger partial charge in [-0.25, -0.2) is 18.7 Å². The van der Waals surface area contributed by atoms with E-state index >= 15 is 4.39 Å². The highest BCUT2D eigenvalue weighted by molar-refractivity contribution is 5.54. The topological polar surface area (TPSA) is 70.5 Å². The zero-order valence-electron chi connectivity index (χ0n) is 16.7. The molecule has 12 heteroatoms. The Morgan fingerprint density at radius 3 is 2.41 bits per heavy atom. The lowest BCUT2D eigenvalue weighted by Gasteiger charge is -2.40. The Kier molecular flexibility index (Phi) is 5.70. The van der Waals surface area contributed by atoms with Crippen LogP contribution in [-0.4, -0.2) is 53.9 Å². The van der Waals surface area contributed by atoms with Gasteiger partial charge in [0.2, 0.25) is 5.82 Å². The minimum atomic E-state index is -4.56. The van der Waals surface area contributed by atoms with E-state index in [9.17, 15) is 27.1 Å². The number of ether oxygens (including phenoxy) is 1. The lowest BCUT2D eigenvalue weighted by atomic mass is 9.87. The Morgan fingerprint density at radius 2 is 1.84 bits per heavy atom. The molecule has 174 valence electrons. The van der Waals surface area contributed by atoms with E-state index in [1.165, 1.54) is 0 Å². The molecule has 0 bridgehead atoms. The van der Waals surface area contributed by atoms with Gasteiger partial charge in [0.1, 0.15) is 6.33 Å². The third kappa shape index (κ3) is 4.33. The van der Waals surface area contributed by atoms with Crippen LogP contribution in [0, 0.1) is 11.2 Å². The number of hydrogen-bond acceptors (Lipinski definition) is 6. The molecule has 0 saturated carbocycles. The predicted octanol–water partition coefficient (Wildman–Crippen LogP) is 3.64. The summed E-state index contributed by atoms with van der Waals surface area (Å²) < 4.78 is 87.3. The number of alkyl halides is 5. The van der Waals surface area contributed by atoms with Crippen LogP contribution in [0.15, 0.2) is 30.6 Å². The first-order chi connectivity index (χ1) is 15.0. The maximum Gasteiger partial charge on any atom is 0.416 e. The van der Waals surface area contributed by atoms with Crippen LogP contribution in [0.5, 0.6) is 0 Å². The van der Waals surface area contributed by atoms with E-state index in [4.69, 9.17) is 4.74 Å². The Hall–Kier alpha value is -2.60. The maximum absolute atomic E-state index is 15.2. The van der Waals surface area contributed by atoms with Crippen molar-refractivity contribution in [3.05, 3.63) is 47.5 Å². The summed E-state index contributed by atoms with van der Waals surface area (Å²) in [6.45, 7) is -0.321. The molecule has 0 radical (unpaired) electrons. The van der Waals surface area contributed by atoms with Crippen molar-refractivity contribution in [3.8, 4) is 0 Å². The third-order valence-corrected chi connectivity index (χ3v) is 5.72. The number of nitrogens with one attached hydrogen (secondary N) is 1. The summed E-state index contributed by atoms with van der Waals surface area (Å²) in [5, 5.41) is 12.3. The van der Waals surface area contributed by atoms with Gasteiger partial charge in [-0.1, -0.05) is 12.1 Å². The molecule has 2 aliphatic heterocycles. The van der Waals surface area contributed by atoms with Crippen molar-refractivity contribution in [1.82, 2.24) is 9.97 Å². The minimum Gasteiger partial charge on any atom is -0.396 e. The van der Waals surface area contributed by atoms with Gasteiger partial charge >= 0.3 is 6.18 Å². The molecule has 3 heterocycles. The van der Waals surface area contributed by atoms with Crippen LogP contribution in [0.4, 0.5) is 38.0 Å². The van der Waals surface area contributed by atoms with Gasteiger partial charge in [-0.2, -0.15) is 17.6 Å². The summed E-state index contributed by atoms with van der Waals surface area (Å²) in [5.41, 5.74) is -1.30. The first-order valence-electron chi connectivity index (χ1n) is 9.78. The van der Waals surface area contributed by atoms with Gasteiger partial charge in [-0.15, -0.1) is 0 Å². The maximum atomic E-state index is 15.2.